The second-order valence-corrected chi connectivity index (χ2v) is 20.2. The van der Waals surface area contributed by atoms with Crippen molar-refractivity contribution in [3.8, 4) is 90.3 Å². The zero-order valence-electron chi connectivity index (χ0n) is 44.1. The van der Waals surface area contributed by atoms with Crippen molar-refractivity contribution in [2.75, 3.05) is 0 Å². The zero-order valence-corrected chi connectivity index (χ0v) is 44.1. The molecular formula is C73H37F3N8. The van der Waals surface area contributed by atoms with Gasteiger partial charge in [-0.15, -0.1) is 0 Å². The van der Waals surface area contributed by atoms with Gasteiger partial charge in [0.2, 0.25) is 0 Å². The van der Waals surface area contributed by atoms with E-state index in [0.717, 1.165) is 100 Å². The van der Waals surface area contributed by atoms with Crippen LogP contribution in [0.5, 0.6) is 0 Å². The van der Waals surface area contributed by atoms with Gasteiger partial charge in [0.15, 0.2) is 22.7 Å². The Bertz CT molecular complexity index is 4930. The molecule has 0 bridgehead atoms. The molecule has 2 aromatic heterocycles. The zero-order chi connectivity index (χ0) is 57.8. The molecule has 0 amide bonds. The van der Waals surface area contributed by atoms with Gasteiger partial charge in [0.05, 0.1) is 77.3 Å². The van der Waals surface area contributed by atoms with Crippen LogP contribution in [-0.4, -0.2) is 9.13 Å². The number of halogens is 3. The van der Waals surface area contributed by atoms with Crippen molar-refractivity contribution >= 4 is 66.4 Å². The fourth-order valence-corrected chi connectivity index (χ4v) is 11.4. The molecule has 0 N–H and O–H groups in total. The van der Waals surface area contributed by atoms with E-state index in [-0.39, 0.29) is 11.3 Å². The molecule has 390 valence electrons. The molecule has 2 heterocycles. The Labute approximate surface area is 480 Å². The number of rotatable bonds is 8. The fourth-order valence-electron chi connectivity index (χ4n) is 11.4. The van der Waals surface area contributed by atoms with Crippen molar-refractivity contribution in [2.45, 2.75) is 6.18 Å². The van der Waals surface area contributed by atoms with Crippen LogP contribution in [0.15, 0.2) is 224 Å². The minimum absolute atomic E-state index is 0.189. The lowest BCUT2D eigenvalue weighted by Crippen LogP contribution is -2.04. The van der Waals surface area contributed by atoms with Crippen molar-refractivity contribution in [2.24, 2.45) is 0 Å². The summed E-state index contributed by atoms with van der Waals surface area (Å²) in [4.78, 5) is 15.1. The highest BCUT2D eigenvalue weighted by atomic mass is 19.4. The molecule has 0 radical (unpaired) electrons. The van der Waals surface area contributed by atoms with Crippen molar-refractivity contribution < 1.29 is 13.2 Å². The van der Waals surface area contributed by atoms with Crippen LogP contribution in [0.1, 0.15) is 16.7 Å². The van der Waals surface area contributed by atoms with Crippen LogP contribution < -0.4 is 0 Å². The van der Waals surface area contributed by atoms with Gasteiger partial charge in [-0.3, -0.25) is 0 Å². The van der Waals surface area contributed by atoms with Gasteiger partial charge in [0.25, 0.3) is 0 Å². The summed E-state index contributed by atoms with van der Waals surface area (Å²) in [5.74, 6) is 0. The lowest BCUT2D eigenvalue weighted by atomic mass is 9.93. The minimum Gasteiger partial charge on any atom is -0.310 e. The lowest BCUT2D eigenvalue weighted by Gasteiger charge is -2.21. The van der Waals surface area contributed by atoms with E-state index in [9.17, 15) is 23.7 Å². The molecule has 11 aromatic carbocycles. The maximum atomic E-state index is 14.3. The third-order valence-corrected chi connectivity index (χ3v) is 15.5. The Hall–Kier alpha value is -12.3. The predicted octanol–water partition coefficient (Wildman–Crippen LogP) is 20.8. The lowest BCUT2D eigenvalue weighted by molar-refractivity contribution is -0.137. The summed E-state index contributed by atoms with van der Waals surface area (Å²) in [7, 11) is 0. The van der Waals surface area contributed by atoms with Crippen LogP contribution in [0.3, 0.4) is 0 Å². The first-order valence-corrected chi connectivity index (χ1v) is 26.4. The van der Waals surface area contributed by atoms with Crippen LogP contribution in [-0.2, 0) is 6.18 Å². The van der Waals surface area contributed by atoms with Gasteiger partial charge in [-0.2, -0.15) is 23.7 Å². The van der Waals surface area contributed by atoms with Gasteiger partial charge in [-0.05, 0) is 158 Å². The van der Waals surface area contributed by atoms with Gasteiger partial charge >= 0.3 is 6.18 Å². The SMILES string of the molecule is [C-]#[N+]c1ccc(-c2ccc3c(c2)c2cc(-c4ccc(C#N)cc4)ccc2n3-c2ccc(-c3ccc(C(F)(F)F)cc3[N+]#[C-])cc2-c2c([N+]#[C-])cccc2-n2c3ccc(-c4ccc(C#N)cc4)cc3c3cc(-c4ccc([N+]#[C-])cc4)ccc32)cc1. The smallest absolute Gasteiger partial charge is 0.310 e. The number of aromatic nitrogens is 2. The molecule has 13 rings (SSSR count). The molecule has 0 fully saturated rings. The van der Waals surface area contributed by atoms with Crippen molar-refractivity contribution in [3.63, 3.8) is 0 Å². The van der Waals surface area contributed by atoms with E-state index in [4.69, 9.17) is 26.3 Å². The van der Waals surface area contributed by atoms with Crippen LogP contribution in [0.4, 0.5) is 35.9 Å². The monoisotopic (exact) mass is 1080 g/mol. The molecule has 0 atom stereocenters. The number of alkyl halides is 3. The average molecular weight is 1080 g/mol. The summed E-state index contributed by atoms with van der Waals surface area (Å²) >= 11 is 0. The number of hydrogen-bond donors (Lipinski definition) is 0. The summed E-state index contributed by atoms with van der Waals surface area (Å²) in [6.07, 6.45) is -4.69. The van der Waals surface area contributed by atoms with Crippen LogP contribution in [0, 0.1) is 49.0 Å². The second-order valence-electron chi connectivity index (χ2n) is 20.2. The summed E-state index contributed by atoms with van der Waals surface area (Å²) in [6.45, 7) is 32.2. The normalized spacial score (nSPS) is 11.2. The third-order valence-electron chi connectivity index (χ3n) is 15.5. The minimum atomic E-state index is -4.69. The van der Waals surface area contributed by atoms with E-state index in [2.05, 4.69) is 71.0 Å². The summed E-state index contributed by atoms with van der Waals surface area (Å²) in [5, 5.41) is 22.8. The molecule has 0 saturated heterocycles. The largest absolute Gasteiger partial charge is 0.415 e. The summed E-state index contributed by atoms with van der Waals surface area (Å²) < 4.78 is 47.1. The first kappa shape index (κ1) is 51.2. The summed E-state index contributed by atoms with van der Waals surface area (Å²) in [6, 6.07) is 73.2. The molecule has 13 aromatic rings. The highest BCUT2D eigenvalue weighted by Gasteiger charge is 2.31. The molecule has 0 unspecified atom stereocenters. The molecule has 8 nitrogen and oxygen atoms in total. The molecular weight excluding hydrogens is 1050 g/mol. The maximum absolute atomic E-state index is 14.3. The van der Waals surface area contributed by atoms with Crippen molar-refractivity contribution in [3.05, 3.63) is 287 Å². The summed E-state index contributed by atoms with van der Waals surface area (Å²) in [5.41, 5.74) is 14.8. The van der Waals surface area contributed by atoms with E-state index < -0.39 is 11.7 Å². The van der Waals surface area contributed by atoms with E-state index >= 15 is 0 Å². The van der Waals surface area contributed by atoms with Crippen LogP contribution in [0.25, 0.3) is 141 Å². The standard InChI is InChI=1S/C73H37F3N8/c1-79-56-26-16-48(17-27-56)52-21-32-67-60(38-52)59-36-50(46-12-8-44(42-77)9-13-46)20-31-66(59)83(67)70-35-24-54(58-30-25-55(73(74,75)76)41-65(58)82-4)40-63(70)72-64(81-3)6-5-7-71(72)84-68-33-22-51(47-14-10-45(43-78)11-15-47)37-61(68)62-39-53(23-34-69(62)84)49-18-28-57(80-2)29-19-49/h5-41H. The number of benzene rings is 11. The molecule has 11 heteroatoms. The topological polar surface area (TPSA) is 74.9 Å². The number of nitrogens with zero attached hydrogens (tertiary/aromatic N) is 8. The number of fused-ring (bicyclic) bond motifs is 6. The Morgan fingerprint density at radius 3 is 1.13 bits per heavy atom. The highest BCUT2D eigenvalue weighted by molar-refractivity contribution is 6.14. The molecule has 0 saturated carbocycles. The molecule has 0 aliphatic rings. The van der Waals surface area contributed by atoms with Gasteiger partial charge in [-0.1, -0.05) is 127 Å². The predicted molar refractivity (Wildman–Crippen MR) is 327 cm³/mol. The van der Waals surface area contributed by atoms with E-state index in [1.165, 1.54) is 6.07 Å². The van der Waals surface area contributed by atoms with Gasteiger partial charge in [-0.25, -0.2) is 19.4 Å². The van der Waals surface area contributed by atoms with E-state index in [0.29, 0.717) is 56.3 Å². The Morgan fingerprint density at radius 1 is 0.345 bits per heavy atom. The molecule has 0 aliphatic heterocycles. The quantitative estimate of drug-likeness (QED) is 0.142. The average Bonchev–Trinajstić information content (AvgIpc) is 1.75. The molecule has 0 aliphatic carbocycles. The Kier molecular flexibility index (Phi) is 12.5. The number of hydrogen-bond acceptors (Lipinski definition) is 2. The van der Waals surface area contributed by atoms with Crippen LogP contribution in [0.2, 0.25) is 0 Å². The third kappa shape index (κ3) is 8.78. The van der Waals surface area contributed by atoms with Crippen LogP contribution >= 0.6 is 0 Å². The Morgan fingerprint density at radius 2 is 0.738 bits per heavy atom. The maximum Gasteiger partial charge on any atom is 0.415 e. The van der Waals surface area contributed by atoms with E-state index in [1.807, 2.05) is 121 Å². The second kappa shape index (κ2) is 20.4. The van der Waals surface area contributed by atoms with Crippen molar-refractivity contribution in [1.29, 1.82) is 10.5 Å². The van der Waals surface area contributed by atoms with Gasteiger partial charge < -0.3 is 9.13 Å². The number of nitriles is 2. The van der Waals surface area contributed by atoms with Gasteiger partial charge in [0.1, 0.15) is 0 Å². The van der Waals surface area contributed by atoms with Gasteiger partial charge in [0, 0.05) is 38.4 Å². The first-order chi connectivity index (χ1) is 41.0. The first-order valence-electron chi connectivity index (χ1n) is 26.4. The molecule has 84 heavy (non-hydrogen) atoms. The fraction of sp³-hybridized carbons (Fsp3) is 0.0137. The molecule has 0 spiro atoms. The van der Waals surface area contributed by atoms with Crippen molar-refractivity contribution in [1.82, 2.24) is 9.13 Å². The highest BCUT2D eigenvalue weighted by Crippen LogP contribution is 2.49. The Balaban J connectivity index is 1.12. The van der Waals surface area contributed by atoms with E-state index in [1.54, 1.807) is 54.6 Å².